The molecular weight excluding hydrogens is 394 g/mol. The van der Waals surface area contributed by atoms with Gasteiger partial charge in [0.2, 0.25) is 0 Å². The fraction of sp³-hybridized carbons (Fsp3) is 0.176. The highest BCUT2D eigenvalue weighted by atomic mass is 79.9. The Morgan fingerprint density at radius 1 is 1.19 bits per heavy atom. The highest BCUT2D eigenvalue weighted by Gasteiger charge is 2.06. The maximum Gasteiger partial charge on any atom is 0.148 e. The van der Waals surface area contributed by atoms with Crippen molar-refractivity contribution in [1.29, 1.82) is 0 Å². The molecule has 0 aliphatic carbocycles. The number of terminal acetylenes is 1. The van der Waals surface area contributed by atoms with Crippen molar-refractivity contribution in [3.63, 3.8) is 0 Å². The number of benzene rings is 2. The van der Waals surface area contributed by atoms with Crippen LogP contribution in [-0.2, 0) is 6.54 Å². The summed E-state index contributed by atoms with van der Waals surface area (Å²) in [5.41, 5.74) is 3.31. The number of nitrogens with one attached hydrogen (secondary N) is 1. The molecule has 0 saturated heterocycles. The number of rotatable bonds is 5. The van der Waals surface area contributed by atoms with Crippen LogP contribution in [0.4, 0.5) is 5.69 Å². The van der Waals surface area contributed by atoms with Gasteiger partial charge in [-0.3, -0.25) is 0 Å². The second-order valence-corrected chi connectivity index (χ2v) is 6.35. The van der Waals surface area contributed by atoms with E-state index in [1.165, 1.54) is 5.56 Å². The Morgan fingerprint density at radius 3 is 2.71 bits per heavy atom. The average Bonchev–Trinajstić information content (AvgIpc) is 2.45. The lowest BCUT2D eigenvalue weighted by atomic mass is 10.2. The third-order valence-electron chi connectivity index (χ3n) is 2.93. The van der Waals surface area contributed by atoms with E-state index in [0.717, 1.165) is 25.9 Å². The summed E-state index contributed by atoms with van der Waals surface area (Å²) in [4.78, 5) is 0. The molecule has 0 unspecified atom stereocenters. The van der Waals surface area contributed by atoms with Gasteiger partial charge in [-0.1, -0.05) is 27.9 Å². The molecule has 21 heavy (non-hydrogen) atoms. The first-order chi connectivity index (χ1) is 10.1. The molecule has 0 bridgehead atoms. The minimum Gasteiger partial charge on any atom is -0.481 e. The molecule has 0 radical (unpaired) electrons. The molecule has 108 valence electrons. The first kappa shape index (κ1) is 15.9. The molecule has 0 spiro atoms. The molecule has 0 aromatic heterocycles. The van der Waals surface area contributed by atoms with E-state index in [-0.39, 0.29) is 6.61 Å². The largest absolute Gasteiger partial charge is 0.481 e. The highest BCUT2D eigenvalue weighted by molar-refractivity contribution is 9.10. The molecule has 2 aromatic carbocycles. The molecule has 0 aliphatic rings. The van der Waals surface area contributed by atoms with Crippen LogP contribution in [0.2, 0.25) is 0 Å². The van der Waals surface area contributed by atoms with Gasteiger partial charge in [-0.2, -0.15) is 0 Å². The number of aryl methyl sites for hydroxylation is 1. The number of hydrogen-bond acceptors (Lipinski definition) is 2. The molecule has 2 rings (SSSR count). The standard InChI is InChI=1S/C17H15Br2NO/c1-3-8-21-17-7-5-14(18)10-13(17)11-20-16-6-4-12(2)9-15(16)19/h1,4-7,9-10,20H,8,11H2,2H3. The van der Waals surface area contributed by atoms with E-state index in [4.69, 9.17) is 11.2 Å². The Labute approximate surface area is 142 Å². The zero-order valence-corrected chi connectivity index (χ0v) is 14.8. The summed E-state index contributed by atoms with van der Waals surface area (Å²) < 4.78 is 7.62. The lowest BCUT2D eigenvalue weighted by Gasteiger charge is -2.13. The van der Waals surface area contributed by atoms with Crippen molar-refractivity contribution in [1.82, 2.24) is 0 Å². The van der Waals surface area contributed by atoms with Crippen molar-refractivity contribution in [2.45, 2.75) is 13.5 Å². The van der Waals surface area contributed by atoms with E-state index in [1.54, 1.807) is 0 Å². The van der Waals surface area contributed by atoms with Crippen LogP contribution in [-0.4, -0.2) is 6.61 Å². The smallest absolute Gasteiger partial charge is 0.148 e. The third kappa shape index (κ3) is 4.52. The summed E-state index contributed by atoms with van der Waals surface area (Å²) in [6, 6.07) is 12.1. The fourth-order valence-electron chi connectivity index (χ4n) is 1.90. The van der Waals surface area contributed by atoms with Gasteiger partial charge in [-0.15, -0.1) is 6.42 Å². The van der Waals surface area contributed by atoms with Gasteiger partial charge in [0.15, 0.2) is 0 Å². The molecule has 2 aromatic rings. The first-order valence-electron chi connectivity index (χ1n) is 6.45. The lowest BCUT2D eigenvalue weighted by Crippen LogP contribution is -2.04. The van der Waals surface area contributed by atoms with Crippen molar-refractivity contribution >= 4 is 37.5 Å². The molecule has 0 fully saturated rings. The Hall–Kier alpha value is -1.44. The number of hydrogen-bond donors (Lipinski definition) is 1. The van der Waals surface area contributed by atoms with Crippen LogP contribution >= 0.6 is 31.9 Å². The van der Waals surface area contributed by atoms with E-state index in [0.29, 0.717) is 6.54 Å². The molecule has 2 nitrogen and oxygen atoms in total. The molecule has 1 N–H and O–H groups in total. The second kappa shape index (κ2) is 7.53. The van der Waals surface area contributed by atoms with Gasteiger partial charge < -0.3 is 10.1 Å². The SMILES string of the molecule is C#CCOc1ccc(Br)cc1CNc1ccc(C)cc1Br. The zero-order valence-electron chi connectivity index (χ0n) is 11.6. The van der Waals surface area contributed by atoms with Gasteiger partial charge in [0.1, 0.15) is 12.4 Å². The maximum absolute atomic E-state index is 5.57. The second-order valence-electron chi connectivity index (χ2n) is 4.58. The summed E-state index contributed by atoms with van der Waals surface area (Å²) in [7, 11) is 0. The van der Waals surface area contributed by atoms with Crippen LogP contribution in [0.25, 0.3) is 0 Å². The molecule has 0 heterocycles. The van der Waals surface area contributed by atoms with E-state index in [1.807, 2.05) is 18.2 Å². The molecule has 0 saturated carbocycles. The van der Waals surface area contributed by atoms with Crippen LogP contribution < -0.4 is 10.1 Å². The first-order valence-corrected chi connectivity index (χ1v) is 8.03. The Balaban J connectivity index is 2.15. The topological polar surface area (TPSA) is 21.3 Å². The van der Waals surface area contributed by atoms with Crippen molar-refractivity contribution in [3.05, 3.63) is 56.5 Å². The van der Waals surface area contributed by atoms with Gasteiger partial charge in [-0.05, 0) is 58.7 Å². The average molecular weight is 409 g/mol. The predicted molar refractivity (Wildman–Crippen MR) is 94.7 cm³/mol. The molecule has 0 aliphatic heterocycles. The number of ether oxygens (including phenoxy) is 1. The van der Waals surface area contributed by atoms with Crippen LogP contribution in [0.3, 0.4) is 0 Å². The molecule has 4 heteroatoms. The summed E-state index contributed by atoms with van der Waals surface area (Å²) in [5, 5.41) is 3.40. The summed E-state index contributed by atoms with van der Waals surface area (Å²) in [6.45, 7) is 2.98. The van der Waals surface area contributed by atoms with E-state index in [2.05, 4.69) is 68.2 Å². The highest BCUT2D eigenvalue weighted by Crippen LogP contribution is 2.27. The van der Waals surface area contributed by atoms with Gasteiger partial charge in [-0.25, -0.2) is 0 Å². The minimum absolute atomic E-state index is 0.267. The minimum atomic E-state index is 0.267. The molecule has 0 amide bonds. The van der Waals surface area contributed by atoms with Crippen LogP contribution in [0.1, 0.15) is 11.1 Å². The van der Waals surface area contributed by atoms with Gasteiger partial charge in [0.05, 0.1) is 0 Å². The van der Waals surface area contributed by atoms with Crippen LogP contribution in [0.15, 0.2) is 45.3 Å². The van der Waals surface area contributed by atoms with Gasteiger partial charge in [0, 0.05) is 26.7 Å². The van der Waals surface area contributed by atoms with E-state index < -0.39 is 0 Å². The summed E-state index contributed by atoms with van der Waals surface area (Å²) in [5.74, 6) is 3.28. The number of halogens is 2. The fourth-order valence-corrected chi connectivity index (χ4v) is 2.94. The van der Waals surface area contributed by atoms with Crippen LogP contribution in [0.5, 0.6) is 5.75 Å². The summed E-state index contributed by atoms with van der Waals surface area (Å²) >= 11 is 7.05. The quantitative estimate of drug-likeness (QED) is 0.691. The van der Waals surface area contributed by atoms with Crippen molar-refractivity contribution < 1.29 is 4.74 Å². The summed E-state index contributed by atoms with van der Waals surface area (Å²) in [6.07, 6.45) is 5.25. The van der Waals surface area contributed by atoms with Gasteiger partial charge >= 0.3 is 0 Å². The predicted octanol–water partition coefficient (Wildman–Crippen LogP) is 5.14. The normalized spacial score (nSPS) is 10.0. The molecule has 0 atom stereocenters. The third-order valence-corrected chi connectivity index (χ3v) is 4.08. The van der Waals surface area contributed by atoms with E-state index >= 15 is 0 Å². The Morgan fingerprint density at radius 2 is 2.00 bits per heavy atom. The monoisotopic (exact) mass is 407 g/mol. The van der Waals surface area contributed by atoms with Crippen molar-refractivity contribution in [3.8, 4) is 18.1 Å². The zero-order chi connectivity index (χ0) is 15.2. The molecular formula is C17H15Br2NO. The Kier molecular flexibility index (Phi) is 5.72. The van der Waals surface area contributed by atoms with E-state index in [9.17, 15) is 0 Å². The van der Waals surface area contributed by atoms with Crippen molar-refractivity contribution in [2.75, 3.05) is 11.9 Å². The maximum atomic E-state index is 5.57. The van der Waals surface area contributed by atoms with Crippen LogP contribution in [0, 0.1) is 19.3 Å². The number of anilines is 1. The lowest BCUT2D eigenvalue weighted by molar-refractivity contribution is 0.366. The van der Waals surface area contributed by atoms with Crippen molar-refractivity contribution in [2.24, 2.45) is 0 Å². The van der Waals surface area contributed by atoms with Gasteiger partial charge in [0.25, 0.3) is 0 Å². The Bertz CT molecular complexity index is 677.